The minimum atomic E-state index is -0.0742. The molecule has 3 heteroatoms. The van der Waals surface area contributed by atoms with Crippen LogP contribution in [0.1, 0.15) is 18.5 Å². The number of carbonyl (C=O) groups is 1. The van der Waals surface area contributed by atoms with Crippen LogP contribution in [0, 0.1) is 18.3 Å². The van der Waals surface area contributed by atoms with Crippen LogP contribution in [0.5, 0.6) is 0 Å². The van der Waals surface area contributed by atoms with Crippen molar-refractivity contribution in [3.05, 3.63) is 35.9 Å². The Balaban J connectivity index is 2.07. The Bertz CT molecular complexity index is 435. The molecule has 2 atom stereocenters. The number of terminal acetylenes is 1. The van der Waals surface area contributed by atoms with E-state index in [0.717, 1.165) is 6.54 Å². The highest BCUT2D eigenvalue weighted by atomic mass is 16.2. The quantitative estimate of drug-likeness (QED) is 0.772. The molecule has 1 aliphatic rings. The number of amides is 2. The molecule has 0 spiro atoms. The van der Waals surface area contributed by atoms with Gasteiger partial charge < -0.3 is 10.2 Å². The minimum Gasteiger partial charge on any atom is -0.327 e. The molecule has 2 rings (SSSR count). The molecule has 3 nitrogen and oxygen atoms in total. The molecule has 17 heavy (non-hydrogen) atoms. The predicted octanol–water partition coefficient (Wildman–Crippen LogP) is 2.02. The molecule has 0 aliphatic carbocycles. The molecular formula is C14H16N2O. The standard InChI is InChI=1S/C14H16N2O/c1-3-9-15-14(17)16-10-11(2)13(16)12-7-5-4-6-8-12/h1,4-8,11,13H,9-10H2,2H3,(H,15,17)/t11-,13+/m0/s1. The lowest BCUT2D eigenvalue weighted by Crippen LogP contribution is -2.55. The van der Waals surface area contributed by atoms with Crippen LogP contribution in [0.3, 0.4) is 0 Å². The van der Waals surface area contributed by atoms with E-state index in [9.17, 15) is 4.79 Å². The van der Waals surface area contributed by atoms with Gasteiger partial charge in [-0.1, -0.05) is 43.2 Å². The van der Waals surface area contributed by atoms with Crippen molar-refractivity contribution in [2.75, 3.05) is 13.1 Å². The van der Waals surface area contributed by atoms with E-state index >= 15 is 0 Å². The van der Waals surface area contributed by atoms with Gasteiger partial charge in [0.2, 0.25) is 0 Å². The van der Waals surface area contributed by atoms with E-state index in [1.807, 2.05) is 23.1 Å². The van der Waals surface area contributed by atoms with Gasteiger partial charge >= 0.3 is 6.03 Å². The zero-order chi connectivity index (χ0) is 12.3. The smallest absolute Gasteiger partial charge is 0.318 e. The van der Waals surface area contributed by atoms with Crippen LogP contribution in [0.25, 0.3) is 0 Å². The van der Waals surface area contributed by atoms with E-state index in [2.05, 4.69) is 30.3 Å². The summed E-state index contributed by atoms with van der Waals surface area (Å²) in [5, 5.41) is 2.71. The Labute approximate surface area is 102 Å². The van der Waals surface area contributed by atoms with Gasteiger partial charge in [-0.05, 0) is 11.5 Å². The first-order valence-corrected chi connectivity index (χ1v) is 5.77. The number of benzene rings is 1. The van der Waals surface area contributed by atoms with E-state index in [1.54, 1.807) is 0 Å². The maximum Gasteiger partial charge on any atom is 0.318 e. The monoisotopic (exact) mass is 228 g/mol. The van der Waals surface area contributed by atoms with Crippen LogP contribution in [-0.4, -0.2) is 24.0 Å². The Morgan fingerprint density at radius 3 is 2.82 bits per heavy atom. The molecule has 1 saturated heterocycles. The molecule has 0 bridgehead atoms. The van der Waals surface area contributed by atoms with Crippen LogP contribution in [0.15, 0.2) is 30.3 Å². The maximum atomic E-state index is 11.8. The lowest BCUT2D eigenvalue weighted by atomic mass is 9.85. The van der Waals surface area contributed by atoms with E-state index in [-0.39, 0.29) is 18.6 Å². The molecule has 88 valence electrons. The first kappa shape index (κ1) is 11.5. The highest BCUT2D eigenvalue weighted by Gasteiger charge is 2.39. The van der Waals surface area contributed by atoms with Crippen LogP contribution in [0.2, 0.25) is 0 Å². The molecule has 1 fully saturated rings. The fraction of sp³-hybridized carbons (Fsp3) is 0.357. The summed E-state index contributed by atoms with van der Waals surface area (Å²) in [7, 11) is 0. The number of urea groups is 1. The van der Waals surface area contributed by atoms with Crippen molar-refractivity contribution >= 4 is 6.03 Å². The summed E-state index contributed by atoms with van der Waals surface area (Å²) in [5.41, 5.74) is 1.18. The third kappa shape index (κ3) is 2.26. The summed E-state index contributed by atoms with van der Waals surface area (Å²) < 4.78 is 0. The number of likely N-dealkylation sites (tertiary alicyclic amines) is 1. The number of nitrogens with one attached hydrogen (secondary N) is 1. The molecule has 0 radical (unpaired) electrons. The average molecular weight is 228 g/mol. The maximum absolute atomic E-state index is 11.8. The average Bonchev–Trinajstić information content (AvgIpc) is 2.34. The van der Waals surface area contributed by atoms with Gasteiger partial charge in [0.15, 0.2) is 0 Å². The summed E-state index contributed by atoms with van der Waals surface area (Å²) in [6.07, 6.45) is 5.13. The van der Waals surface area contributed by atoms with Crippen LogP contribution in [-0.2, 0) is 0 Å². The summed E-state index contributed by atoms with van der Waals surface area (Å²) in [6.45, 7) is 3.23. The Hall–Kier alpha value is -1.95. The topological polar surface area (TPSA) is 32.3 Å². The van der Waals surface area contributed by atoms with Gasteiger partial charge in [-0.3, -0.25) is 0 Å². The molecule has 0 saturated carbocycles. The van der Waals surface area contributed by atoms with Crippen molar-refractivity contribution in [3.63, 3.8) is 0 Å². The third-order valence-electron chi connectivity index (χ3n) is 3.10. The summed E-state index contributed by atoms with van der Waals surface area (Å²) in [5.74, 6) is 2.90. The molecular weight excluding hydrogens is 212 g/mol. The number of rotatable bonds is 2. The van der Waals surface area contributed by atoms with Gasteiger partial charge in [-0.2, -0.15) is 0 Å². The second kappa shape index (κ2) is 4.92. The third-order valence-corrected chi connectivity index (χ3v) is 3.10. The molecule has 1 N–H and O–H groups in total. The molecule has 1 aromatic rings. The van der Waals surface area contributed by atoms with Gasteiger partial charge in [0.25, 0.3) is 0 Å². The van der Waals surface area contributed by atoms with Gasteiger partial charge in [0.1, 0.15) is 0 Å². The van der Waals surface area contributed by atoms with E-state index in [4.69, 9.17) is 6.42 Å². The molecule has 0 unspecified atom stereocenters. The number of hydrogen-bond acceptors (Lipinski definition) is 1. The lowest BCUT2D eigenvalue weighted by Gasteiger charge is -2.46. The number of nitrogens with zero attached hydrogens (tertiary/aromatic N) is 1. The zero-order valence-electron chi connectivity index (χ0n) is 9.89. The fourth-order valence-corrected chi connectivity index (χ4v) is 2.29. The lowest BCUT2D eigenvalue weighted by molar-refractivity contribution is 0.0599. The largest absolute Gasteiger partial charge is 0.327 e. The van der Waals surface area contributed by atoms with E-state index in [1.165, 1.54) is 5.56 Å². The highest BCUT2D eigenvalue weighted by molar-refractivity contribution is 5.76. The van der Waals surface area contributed by atoms with Crippen molar-refractivity contribution in [1.29, 1.82) is 0 Å². The van der Waals surface area contributed by atoms with E-state index in [0.29, 0.717) is 5.92 Å². The normalized spacial score (nSPS) is 22.5. The molecule has 1 aliphatic heterocycles. The number of hydrogen-bond donors (Lipinski definition) is 1. The molecule has 2 amide bonds. The Kier molecular flexibility index (Phi) is 3.34. The SMILES string of the molecule is C#CCNC(=O)N1C[C@H](C)[C@@H]1c1ccccc1. The molecule has 1 aromatic carbocycles. The van der Waals surface area contributed by atoms with Gasteiger partial charge in [-0.15, -0.1) is 6.42 Å². The summed E-state index contributed by atoms with van der Waals surface area (Å²) >= 11 is 0. The fourth-order valence-electron chi connectivity index (χ4n) is 2.29. The molecule has 0 aromatic heterocycles. The Morgan fingerprint density at radius 1 is 1.53 bits per heavy atom. The van der Waals surface area contributed by atoms with Gasteiger partial charge in [0, 0.05) is 6.54 Å². The second-order valence-corrected chi connectivity index (χ2v) is 4.35. The minimum absolute atomic E-state index is 0.0742. The summed E-state index contributed by atoms with van der Waals surface area (Å²) in [6, 6.07) is 10.2. The first-order chi connectivity index (χ1) is 8.24. The Morgan fingerprint density at radius 2 is 2.24 bits per heavy atom. The van der Waals surface area contributed by atoms with Crippen LogP contribution >= 0.6 is 0 Å². The number of carbonyl (C=O) groups excluding carboxylic acids is 1. The summed E-state index contributed by atoms with van der Waals surface area (Å²) in [4.78, 5) is 13.7. The zero-order valence-corrected chi connectivity index (χ0v) is 9.89. The van der Waals surface area contributed by atoms with Crippen molar-refractivity contribution in [2.45, 2.75) is 13.0 Å². The van der Waals surface area contributed by atoms with Crippen molar-refractivity contribution in [3.8, 4) is 12.3 Å². The second-order valence-electron chi connectivity index (χ2n) is 4.35. The van der Waals surface area contributed by atoms with E-state index < -0.39 is 0 Å². The van der Waals surface area contributed by atoms with Crippen molar-refractivity contribution in [1.82, 2.24) is 10.2 Å². The highest BCUT2D eigenvalue weighted by Crippen LogP contribution is 2.38. The first-order valence-electron chi connectivity index (χ1n) is 5.77. The van der Waals surface area contributed by atoms with Crippen molar-refractivity contribution < 1.29 is 4.79 Å². The van der Waals surface area contributed by atoms with Gasteiger partial charge in [0.05, 0.1) is 12.6 Å². The predicted molar refractivity (Wildman–Crippen MR) is 67.3 cm³/mol. The van der Waals surface area contributed by atoms with Gasteiger partial charge in [-0.25, -0.2) is 4.79 Å². The van der Waals surface area contributed by atoms with Crippen molar-refractivity contribution in [2.24, 2.45) is 5.92 Å². The molecule has 1 heterocycles. The van der Waals surface area contributed by atoms with Crippen LogP contribution < -0.4 is 5.32 Å². The van der Waals surface area contributed by atoms with Crippen LogP contribution in [0.4, 0.5) is 4.79 Å².